The number of esters is 6. The SMILES string of the molecule is C=C(C)C(=O)OC1CC2CC(C(=O)OCOC34CC5CC(CC(C5)C3=O)C4)C1C2.C=C(C)C(=O)OC1CC2CC(C(=O)OCOCC3CCCCC3)C1C2.C=C(C)C(=O)OC1CC2CC1C1C3CC(CC3C(=O)OCOCC)C21. The maximum Gasteiger partial charge on any atom is 0.333 e. The summed E-state index contributed by atoms with van der Waals surface area (Å²) in [5, 5.41) is 0. The predicted octanol–water partition coefficient (Wildman–Crippen LogP) is 9.74. The summed E-state index contributed by atoms with van der Waals surface area (Å²) in [6.07, 6.45) is 20.1. The topological polar surface area (TPSA) is 203 Å². The molecule has 0 amide bonds. The zero-order valence-electron chi connectivity index (χ0n) is 47.4. The molecule has 0 aliphatic heterocycles. The van der Waals surface area contributed by atoms with E-state index in [0.717, 1.165) is 95.8 Å². The van der Waals surface area contributed by atoms with Crippen molar-refractivity contribution in [3.8, 4) is 0 Å². The summed E-state index contributed by atoms with van der Waals surface area (Å²) in [7, 11) is 0. The number of carbonyl (C=O) groups is 7. The van der Waals surface area contributed by atoms with E-state index in [2.05, 4.69) is 19.7 Å². The lowest BCUT2D eigenvalue weighted by Gasteiger charge is -2.54. The molecule has 13 aliphatic carbocycles. The van der Waals surface area contributed by atoms with Crippen LogP contribution in [0.25, 0.3) is 0 Å². The second-order valence-corrected chi connectivity index (χ2v) is 26.6. The molecule has 13 saturated carbocycles. The molecule has 79 heavy (non-hydrogen) atoms. The van der Waals surface area contributed by atoms with Gasteiger partial charge in [0.15, 0.2) is 26.2 Å². The van der Waals surface area contributed by atoms with Crippen molar-refractivity contribution in [2.45, 2.75) is 180 Å². The summed E-state index contributed by atoms with van der Waals surface area (Å²) >= 11 is 0. The normalized spacial score (nSPS) is 39.9. The number of carbonyl (C=O) groups excluding carboxylic acids is 7. The lowest BCUT2D eigenvalue weighted by Crippen LogP contribution is -2.59. The van der Waals surface area contributed by atoms with Crippen molar-refractivity contribution in [1.29, 1.82) is 0 Å². The smallest absolute Gasteiger partial charge is 0.333 e. The molecule has 0 saturated heterocycles. The third-order valence-corrected chi connectivity index (χ3v) is 21.3. The molecule has 0 aromatic rings. The van der Waals surface area contributed by atoms with E-state index >= 15 is 0 Å². The molecular weight excluding hydrogens is 1010 g/mol. The van der Waals surface area contributed by atoms with E-state index in [1.54, 1.807) is 20.8 Å². The number of Topliss-reactive ketones (excluding diaryl/α,β-unsaturated/α-hetero) is 1. The number of ether oxygens (including phenoxy) is 9. The largest absolute Gasteiger partial charge is 0.459 e. The third-order valence-electron chi connectivity index (χ3n) is 21.3. The standard InChI is InChI=1S/C23H30O6.C20H28O5.C20H30O5/c1-12(2)21(25)29-19-8-13-6-17(19)18(7-13)22(26)27-11-28-23-9-14-3-15(10-23)5-16(4-14)20(23)24;1-4-23-9-24-20(22)14-6-11-5-13(14)18-15-7-12(17(11)18)8-16(15)25-19(21)10(2)3;1-13(2)19(21)25-18-10-15-8-16(18)17(9-15)20(22)24-12-23-11-14-6-4-3-5-7-14/h13-19H,1,3-11H2,2H3;11-18H,2,4-9H2,1,3H3;14-18H,1,3-12H2,2H3. The highest BCUT2D eigenvalue weighted by atomic mass is 16.7. The van der Waals surface area contributed by atoms with Crippen molar-refractivity contribution in [2.75, 3.05) is 33.6 Å². The Hall–Kier alpha value is -4.41. The Morgan fingerprint density at radius 1 is 0.494 bits per heavy atom. The highest BCUT2D eigenvalue weighted by molar-refractivity contribution is 5.91. The number of rotatable bonds is 19. The van der Waals surface area contributed by atoms with Crippen molar-refractivity contribution >= 4 is 41.6 Å². The second-order valence-electron chi connectivity index (χ2n) is 26.6. The Bertz CT molecular complexity index is 2340. The fourth-order valence-electron chi connectivity index (χ4n) is 18.3. The third kappa shape index (κ3) is 12.4. The summed E-state index contributed by atoms with van der Waals surface area (Å²) in [4.78, 5) is 85.9. The Balaban J connectivity index is 0.000000134. The first-order chi connectivity index (χ1) is 37.9. The van der Waals surface area contributed by atoms with Crippen molar-refractivity contribution in [3.63, 3.8) is 0 Å². The predicted molar refractivity (Wildman–Crippen MR) is 285 cm³/mol. The Labute approximate surface area is 466 Å². The lowest BCUT2D eigenvalue weighted by molar-refractivity contribution is -0.210. The Morgan fingerprint density at radius 3 is 1.49 bits per heavy atom. The zero-order chi connectivity index (χ0) is 55.9. The molecule has 13 fully saturated rings. The van der Waals surface area contributed by atoms with Crippen molar-refractivity contribution in [1.82, 2.24) is 0 Å². The van der Waals surface area contributed by atoms with Crippen LogP contribution >= 0.6 is 0 Å². The van der Waals surface area contributed by atoms with Gasteiger partial charge < -0.3 is 42.6 Å². The van der Waals surface area contributed by atoms with Gasteiger partial charge in [-0.15, -0.1) is 0 Å². The van der Waals surface area contributed by atoms with E-state index in [4.69, 9.17) is 42.6 Å². The zero-order valence-corrected chi connectivity index (χ0v) is 47.4. The van der Waals surface area contributed by atoms with Gasteiger partial charge in [-0.3, -0.25) is 19.2 Å². The van der Waals surface area contributed by atoms with Gasteiger partial charge in [-0.1, -0.05) is 39.0 Å². The molecular formula is C63H88O16. The van der Waals surface area contributed by atoms with Crippen LogP contribution in [0.15, 0.2) is 36.5 Å². The number of hydrogen-bond acceptors (Lipinski definition) is 16. The molecule has 13 rings (SSSR count). The molecule has 436 valence electrons. The summed E-state index contributed by atoms with van der Waals surface area (Å²) in [6.45, 7) is 19.0. The van der Waals surface area contributed by atoms with Crippen LogP contribution in [0.2, 0.25) is 0 Å². The van der Waals surface area contributed by atoms with Gasteiger partial charge in [0.05, 0.1) is 24.4 Å². The molecule has 0 radical (unpaired) electrons. The van der Waals surface area contributed by atoms with E-state index in [-0.39, 0.29) is 110 Å². The molecule has 18 unspecified atom stereocenters. The van der Waals surface area contributed by atoms with Crippen LogP contribution in [-0.4, -0.2) is 99.1 Å². The highest BCUT2D eigenvalue weighted by Crippen LogP contribution is 2.69. The number of ketones is 1. The minimum Gasteiger partial charge on any atom is -0.459 e. The molecule has 12 bridgehead atoms. The van der Waals surface area contributed by atoms with Gasteiger partial charge in [-0.25, -0.2) is 14.4 Å². The minimum absolute atomic E-state index is 0.00329. The van der Waals surface area contributed by atoms with Crippen LogP contribution < -0.4 is 0 Å². The van der Waals surface area contributed by atoms with Gasteiger partial charge in [0.1, 0.15) is 23.9 Å². The Morgan fingerprint density at radius 2 is 0.975 bits per heavy atom. The molecule has 0 N–H and O–H groups in total. The summed E-state index contributed by atoms with van der Waals surface area (Å²) < 4.78 is 49.7. The lowest BCUT2D eigenvalue weighted by atomic mass is 9.53. The molecule has 16 heteroatoms. The van der Waals surface area contributed by atoms with Gasteiger partial charge in [0.2, 0.25) is 0 Å². The Kier molecular flexibility index (Phi) is 18.0. The average Bonchev–Trinajstić information content (AvgIpc) is 4.17. The first kappa shape index (κ1) is 57.8. The van der Waals surface area contributed by atoms with E-state index < -0.39 is 11.6 Å². The molecule has 13 aliphatic rings. The average molecular weight is 1100 g/mol. The van der Waals surface area contributed by atoms with Crippen molar-refractivity contribution in [3.05, 3.63) is 36.5 Å². The first-order valence-electron chi connectivity index (χ1n) is 30.3. The molecule has 0 heterocycles. The summed E-state index contributed by atoms with van der Waals surface area (Å²) in [5.41, 5.74) is 0.520. The minimum atomic E-state index is -0.719. The van der Waals surface area contributed by atoms with Crippen molar-refractivity contribution in [2.24, 2.45) is 101 Å². The van der Waals surface area contributed by atoms with Crippen LogP contribution in [-0.2, 0) is 76.2 Å². The van der Waals surface area contributed by atoms with Gasteiger partial charge in [0.25, 0.3) is 0 Å². The van der Waals surface area contributed by atoms with Gasteiger partial charge >= 0.3 is 35.8 Å². The van der Waals surface area contributed by atoms with E-state index in [0.29, 0.717) is 89.1 Å². The van der Waals surface area contributed by atoms with Crippen LogP contribution in [0.1, 0.15) is 156 Å². The maximum atomic E-state index is 12.8. The van der Waals surface area contributed by atoms with Crippen LogP contribution in [0.4, 0.5) is 0 Å². The second kappa shape index (κ2) is 24.6. The highest BCUT2D eigenvalue weighted by Gasteiger charge is 2.67. The van der Waals surface area contributed by atoms with Crippen LogP contribution in [0.3, 0.4) is 0 Å². The molecule has 0 spiro atoms. The fraction of sp³-hybridized carbons (Fsp3) is 0.794. The molecule has 0 aromatic carbocycles. The van der Waals surface area contributed by atoms with E-state index in [9.17, 15) is 33.6 Å². The molecule has 0 aromatic heterocycles. The quantitative estimate of drug-likeness (QED) is 0.0295. The van der Waals surface area contributed by atoms with Gasteiger partial charge in [-0.2, -0.15) is 0 Å². The van der Waals surface area contributed by atoms with E-state index in [1.165, 1.54) is 38.5 Å². The maximum absolute atomic E-state index is 12.8. The summed E-state index contributed by atoms with van der Waals surface area (Å²) in [5.74, 6) is 4.41. The van der Waals surface area contributed by atoms with Crippen LogP contribution in [0, 0.1) is 101 Å². The van der Waals surface area contributed by atoms with Crippen molar-refractivity contribution < 1.29 is 76.2 Å². The van der Waals surface area contributed by atoms with E-state index in [1.807, 2.05) is 6.92 Å². The van der Waals surface area contributed by atoms with Crippen LogP contribution in [0.5, 0.6) is 0 Å². The van der Waals surface area contributed by atoms with Gasteiger partial charge in [0, 0.05) is 41.1 Å². The molecule has 16 nitrogen and oxygen atoms in total. The molecule has 18 atom stereocenters. The monoisotopic (exact) mass is 1100 g/mol. The summed E-state index contributed by atoms with van der Waals surface area (Å²) in [6, 6.07) is 0. The van der Waals surface area contributed by atoms with Gasteiger partial charge in [-0.05, 0) is 202 Å². The number of fused-ring (bicyclic) bond motifs is 13. The fourth-order valence-corrected chi connectivity index (χ4v) is 18.3. The first-order valence-corrected chi connectivity index (χ1v) is 30.3. The number of hydrogen-bond donors (Lipinski definition) is 0.